The highest BCUT2D eigenvalue weighted by atomic mass is 16.2. The van der Waals surface area contributed by atoms with Crippen LogP contribution < -0.4 is 5.32 Å². The maximum atomic E-state index is 12.0. The quantitative estimate of drug-likeness (QED) is 0.808. The van der Waals surface area contributed by atoms with Gasteiger partial charge in [-0.05, 0) is 19.9 Å². The molecule has 0 aliphatic carbocycles. The van der Waals surface area contributed by atoms with Gasteiger partial charge >= 0.3 is 0 Å². The molecule has 1 rings (SSSR count). The molecule has 0 saturated heterocycles. The van der Waals surface area contributed by atoms with Crippen molar-refractivity contribution < 1.29 is 4.79 Å². The van der Waals surface area contributed by atoms with E-state index >= 15 is 0 Å². The van der Waals surface area contributed by atoms with E-state index in [9.17, 15) is 10.1 Å². The second-order valence-electron chi connectivity index (χ2n) is 5.49. The molecule has 1 heterocycles. The minimum Gasteiger partial charge on any atom is -0.337 e. The maximum absolute atomic E-state index is 12.0. The molecule has 1 N–H and O–H groups in total. The van der Waals surface area contributed by atoms with Gasteiger partial charge in [-0.1, -0.05) is 13.8 Å². The number of nitrogens with one attached hydrogen (secondary N) is 1. The first-order valence-corrected chi connectivity index (χ1v) is 6.52. The number of carbonyl (C=O) groups is 1. The minimum atomic E-state index is -0.845. The Labute approximate surface area is 119 Å². The van der Waals surface area contributed by atoms with Crippen LogP contribution in [-0.4, -0.2) is 44.7 Å². The van der Waals surface area contributed by atoms with Gasteiger partial charge in [0.2, 0.25) is 5.91 Å². The smallest absolute Gasteiger partial charge is 0.235 e. The van der Waals surface area contributed by atoms with Gasteiger partial charge in [0, 0.05) is 7.05 Å². The fourth-order valence-electron chi connectivity index (χ4n) is 1.64. The SMILES string of the molecule is CC(C)[C@](C)(C#N)NC(=O)CN(C)Cc1ncnn1C. The van der Waals surface area contributed by atoms with Gasteiger partial charge in [-0.25, -0.2) is 4.98 Å². The van der Waals surface area contributed by atoms with Crippen molar-refractivity contribution in [2.45, 2.75) is 32.9 Å². The molecule has 1 aromatic heterocycles. The molecule has 0 unspecified atom stereocenters. The summed E-state index contributed by atoms with van der Waals surface area (Å²) < 4.78 is 1.67. The van der Waals surface area contributed by atoms with Crippen molar-refractivity contribution >= 4 is 5.91 Å². The monoisotopic (exact) mass is 278 g/mol. The number of likely N-dealkylation sites (N-methyl/N-ethyl adjacent to an activating group) is 1. The van der Waals surface area contributed by atoms with Gasteiger partial charge in [0.25, 0.3) is 0 Å². The molecule has 7 nitrogen and oxygen atoms in total. The van der Waals surface area contributed by atoms with Crippen LogP contribution in [0.2, 0.25) is 0 Å². The Bertz CT molecular complexity index is 503. The van der Waals surface area contributed by atoms with Gasteiger partial charge < -0.3 is 5.32 Å². The summed E-state index contributed by atoms with van der Waals surface area (Å²) in [6.45, 7) is 6.28. The molecule has 0 aliphatic rings. The van der Waals surface area contributed by atoms with E-state index in [-0.39, 0.29) is 18.4 Å². The lowest BCUT2D eigenvalue weighted by molar-refractivity contribution is -0.123. The first-order chi connectivity index (χ1) is 9.28. The van der Waals surface area contributed by atoms with E-state index in [4.69, 9.17) is 0 Å². The van der Waals surface area contributed by atoms with Crippen LogP contribution in [0.4, 0.5) is 0 Å². The summed E-state index contributed by atoms with van der Waals surface area (Å²) in [4.78, 5) is 17.9. The van der Waals surface area contributed by atoms with Crippen LogP contribution in [-0.2, 0) is 18.4 Å². The molecule has 0 bridgehead atoms. The van der Waals surface area contributed by atoms with Crippen molar-refractivity contribution in [3.8, 4) is 6.07 Å². The molecule has 0 radical (unpaired) electrons. The highest BCUT2D eigenvalue weighted by molar-refractivity contribution is 5.79. The Kier molecular flexibility index (Phi) is 5.22. The van der Waals surface area contributed by atoms with Gasteiger partial charge in [0.05, 0.1) is 19.2 Å². The van der Waals surface area contributed by atoms with E-state index in [1.807, 2.05) is 32.8 Å². The van der Waals surface area contributed by atoms with E-state index in [0.29, 0.717) is 6.54 Å². The Hall–Kier alpha value is -1.94. The third-order valence-corrected chi connectivity index (χ3v) is 3.42. The Morgan fingerprint density at radius 2 is 2.30 bits per heavy atom. The number of amides is 1. The predicted octanol–water partition coefficient (Wildman–Crippen LogP) is 0.301. The summed E-state index contributed by atoms with van der Waals surface area (Å²) in [5.41, 5.74) is -0.845. The molecule has 1 amide bonds. The van der Waals surface area contributed by atoms with Crippen molar-refractivity contribution in [2.75, 3.05) is 13.6 Å². The zero-order chi connectivity index (χ0) is 15.3. The topological polar surface area (TPSA) is 86.8 Å². The number of nitriles is 1. The third-order valence-electron chi connectivity index (χ3n) is 3.42. The largest absolute Gasteiger partial charge is 0.337 e. The zero-order valence-electron chi connectivity index (χ0n) is 12.7. The van der Waals surface area contributed by atoms with Crippen LogP contribution in [0.25, 0.3) is 0 Å². The number of nitrogens with zero attached hydrogens (tertiary/aromatic N) is 5. The van der Waals surface area contributed by atoms with Crippen molar-refractivity contribution in [3.63, 3.8) is 0 Å². The van der Waals surface area contributed by atoms with Crippen LogP contribution in [0, 0.1) is 17.2 Å². The molecule has 0 fully saturated rings. The van der Waals surface area contributed by atoms with Gasteiger partial charge in [0.15, 0.2) is 0 Å². The Morgan fingerprint density at radius 1 is 1.65 bits per heavy atom. The van der Waals surface area contributed by atoms with Crippen LogP contribution in [0.15, 0.2) is 6.33 Å². The number of hydrogen-bond donors (Lipinski definition) is 1. The fraction of sp³-hybridized carbons (Fsp3) is 0.692. The summed E-state index contributed by atoms with van der Waals surface area (Å²) in [6, 6.07) is 2.16. The van der Waals surface area contributed by atoms with Gasteiger partial charge in [0.1, 0.15) is 17.7 Å². The Morgan fingerprint density at radius 3 is 2.75 bits per heavy atom. The molecule has 0 aromatic carbocycles. The lowest BCUT2D eigenvalue weighted by Gasteiger charge is -2.28. The van der Waals surface area contributed by atoms with Gasteiger partial charge in [-0.3, -0.25) is 14.4 Å². The zero-order valence-corrected chi connectivity index (χ0v) is 12.7. The highest BCUT2D eigenvalue weighted by Gasteiger charge is 2.30. The Balaban J connectivity index is 2.54. The summed E-state index contributed by atoms with van der Waals surface area (Å²) in [5, 5.41) is 15.9. The maximum Gasteiger partial charge on any atom is 0.235 e. The number of hydrogen-bond acceptors (Lipinski definition) is 5. The lowest BCUT2D eigenvalue weighted by Crippen LogP contribution is -2.51. The van der Waals surface area contributed by atoms with Crippen LogP contribution in [0.5, 0.6) is 0 Å². The average molecular weight is 278 g/mol. The molecule has 0 saturated carbocycles. The molecule has 0 aliphatic heterocycles. The fourth-order valence-corrected chi connectivity index (χ4v) is 1.64. The van der Waals surface area contributed by atoms with E-state index in [1.165, 1.54) is 6.33 Å². The van der Waals surface area contributed by atoms with Crippen molar-refractivity contribution in [3.05, 3.63) is 12.2 Å². The van der Waals surface area contributed by atoms with E-state index in [1.54, 1.807) is 11.6 Å². The average Bonchev–Trinajstić information content (AvgIpc) is 2.74. The summed E-state index contributed by atoms with van der Waals surface area (Å²) in [5.74, 6) is 0.653. The van der Waals surface area contributed by atoms with Crippen molar-refractivity contribution in [1.82, 2.24) is 25.0 Å². The molecular formula is C13H22N6O. The summed E-state index contributed by atoms with van der Waals surface area (Å²) in [6.07, 6.45) is 1.48. The first kappa shape index (κ1) is 16.1. The predicted molar refractivity (Wildman–Crippen MR) is 74.3 cm³/mol. The summed E-state index contributed by atoms with van der Waals surface area (Å²) in [7, 11) is 3.63. The van der Waals surface area contributed by atoms with Gasteiger partial charge in [-0.2, -0.15) is 10.4 Å². The second kappa shape index (κ2) is 6.48. The molecule has 1 atom stereocenters. The number of aryl methyl sites for hydroxylation is 1. The lowest BCUT2D eigenvalue weighted by atomic mass is 9.90. The molecule has 110 valence electrons. The number of carbonyl (C=O) groups excluding carboxylic acids is 1. The summed E-state index contributed by atoms with van der Waals surface area (Å²) >= 11 is 0. The van der Waals surface area contributed by atoms with Crippen LogP contribution in [0.3, 0.4) is 0 Å². The normalized spacial score (nSPS) is 14.1. The van der Waals surface area contributed by atoms with Crippen LogP contribution >= 0.6 is 0 Å². The minimum absolute atomic E-state index is 0.0421. The van der Waals surface area contributed by atoms with Crippen LogP contribution in [0.1, 0.15) is 26.6 Å². The first-order valence-electron chi connectivity index (χ1n) is 6.52. The van der Waals surface area contributed by atoms with E-state index < -0.39 is 5.54 Å². The molecule has 0 spiro atoms. The number of rotatable bonds is 6. The van der Waals surface area contributed by atoms with E-state index in [0.717, 1.165) is 5.82 Å². The standard InChI is InChI=1S/C13H22N6O/c1-10(2)13(3,8-14)17-12(20)7-18(4)6-11-15-9-16-19(11)5/h9-10H,6-7H2,1-5H3,(H,17,20)/t13-/m0/s1. The highest BCUT2D eigenvalue weighted by Crippen LogP contribution is 2.14. The van der Waals surface area contributed by atoms with E-state index in [2.05, 4.69) is 21.5 Å². The molecule has 1 aromatic rings. The second-order valence-corrected chi connectivity index (χ2v) is 5.49. The van der Waals surface area contributed by atoms with Crippen molar-refractivity contribution in [1.29, 1.82) is 5.26 Å². The number of aromatic nitrogens is 3. The third kappa shape index (κ3) is 4.03. The van der Waals surface area contributed by atoms with Crippen molar-refractivity contribution in [2.24, 2.45) is 13.0 Å². The van der Waals surface area contributed by atoms with Gasteiger partial charge in [-0.15, -0.1) is 0 Å². The molecular weight excluding hydrogens is 256 g/mol. The molecule has 7 heteroatoms. The molecule has 20 heavy (non-hydrogen) atoms.